The third kappa shape index (κ3) is 4.07. The maximum Gasteiger partial charge on any atom is 0.213 e. The molecular weight excluding hydrogens is 314 g/mol. The van der Waals surface area contributed by atoms with Crippen molar-refractivity contribution in [3.05, 3.63) is 41.2 Å². The van der Waals surface area contributed by atoms with Gasteiger partial charge in [0.2, 0.25) is 5.88 Å². The molecule has 0 radical (unpaired) electrons. The topological polar surface area (TPSA) is 54.4 Å². The van der Waals surface area contributed by atoms with E-state index >= 15 is 0 Å². The predicted octanol–water partition coefficient (Wildman–Crippen LogP) is 2.60. The lowest BCUT2D eigenvalue weighted by molar-refractivity contribution is 0.206. The minimum Gasteiger partial charge on any atom is -0.481 e. The number of nitrogens with zero attached hydrogens (tertiary/aromatic N) is 5. The molecule has 0 amide bonds. The zero-order valence-electron chi connectivity index (χ0n) is 15.6. The molecule has 0 spiro atoms. The molecule has 0 aliphatic carbocycles. The van der Waals surface area contributed by atoms with E-state index in [9.17, 15) is 0 Å². The molecule has 1 fully saturated rings. The Bertz CT molecular complexity index is 683. The summed E-state index contributed by atoms with van der Waals surface area (Å²) in [5, 5.41) is 8.27. The van der Waals surface area contributed by atoms with Crippen LogP contribution in [0.1, 0.15) is 29.7 Å². The van der Waals surface area contributed by atoms with Gasteiger partial charge in [0.25, 0.3) is 0 Å². The first kappa shape index (κ1) is 17.6. The summed E-state index contributed by atoms with van der Waals surface area (Å²) in [6.45, 7) is 7.12. The number of rotatable bonds is 5. The molecule has 6 nitrogen and oxygen atoms in total. The minimum atomic E-state index is 0.497. The Kier molecular flexibility index (Phi) is 5.48. The van der Waals surface area contributed by atoms with Crippen LogP contribution in [0.2, 0.25) is 0 Å². The number of pyridine rings is 1. The summed E-state index contributed by atoms with van der Waals surface area (Å²) in [6.07, 6.45) is 4.10. The van der Waals surface area contributed by atoms with Crippen LogP contribution in [0.4, 0.5) is 5.82 Å². The molecule has 25 heavy (non-hydrogen) atoms. The molecule has 1 aliphatic heterocycles. The fourth-order valence-electron chi connectivity index (χ4n) is 3.53. The van der Waals surface area contributed by atoms with Crippen molar-refractivity contribution in [3.63, 3.8) is 0 Å². The van der Waals surface area contributed by atoms with Gasteiger partial charge in [0.05, 0.1) is 7.11 Å². The molecule has 1 atom stereocenters. The molecule has 2 aromatic heterocycles. The van der Waals surface area contributed by atoms with E-state index in [0.29, 0.717) is 11.9 Å². The van der Waals surface area contributed by atoms with E-state index in [1.807, 2.05) is 18.2 Å². The van der Waals surface area contributed by atoms with E-state index in [1.165, 1.54) is 24.0 Å². The second kappa shape index (κ2) is 7.78. The summed E-state index contributed by atoms with van der Waals surface area (Å²) < 4.78 is 5.27. The van der Waals surface area contributed by atoms with Gasteiger partial charge in [-0.15, -0.1) is 5.10 Å². The van der Waals surface area contributed by atoms with Gasteiger partial charge in [-0.05, 0) is 57.0 Å². The maximum atomic E-state index is 5.27. The van der Waals surface area contributed by atoms with Crippen LogP contribution in [0.5, 0.6) is 5.88 Å². The molecule has 134 valence electrons. The van der Waals surface area contributed by atoms with Crippen LogP contribution in [-0.4, -0.2) is 53.4 Å². The van der Waals surface area contributed by atoms with Crippen molar-refractivity contribution in [2.45, 2.75) is 39.3 Å². The number of hydrogen-bond donors (Lipinski definition) is 0. The van der Waals surface area contributed by atoms with Crippen LogP contribution in [0.25, 0.3) is 0 Å². The van der Waals surface area contributed by atoms with Crippen LogP contribution in [-0.2, 0) is 6.54 Å². The van der Waals surface area contributed by atoms with Gasteiger partial charge < -0.3 is 9.64 Å². The summed E-state index contributed by atoms with van der Waals surface area (Å²) in [5.41, 5.74) is 3.57. The first-order chi connectivity index (χ1) is 12.1. The highest BCUT2D eigenvalue weighted by Gasteiger charge is 2.25. The summed E-state index contributed by atoms with van der Waals surface area (Å²) in [6, 6.07) is 6.50. The molecule has 0 bridgehead atoms. The highest BCUT2D eigenvalue weighted by Crippen LogP contribution is 2.23. The fourth-order valence-corrected chi connectivity index (χ4v) is 3.53. The zero-order chi connectivity index (χ0) is 17.8. The molecule has 0 saturated carbocycles. The minimum absolute atomic E-state index is 0.497. The number of ether oxygens (including phenoxy) is 1. The molecule has 3 heterocycles. The lowest BCUT2D eigenvalue weighted by atomic mass is 10.0. The number of likely N-dealkylation sites (N-methyl/N-ethyl adjacent to an activating group) is 1. The van der Waals surface area contributed by atoms with Gasteiger partial charge >= 0.3 is 0 Å². The summed E-state index contributed by atoms with van der Waals surface area (Å²) in [5.74, 6) is 1.66. The van der Waals surface area contributed by atoms with Crippen LogP contribution in [0, 0.1) is 13.8 Å². The quantitative estimate of drug-likeness (QED) is 0.833. The molecule has 1 saturated heterocycles. The summed E-state index contributed by atoms with van der Waals surface area (Å²) in [4.78, 5) is 9.31. The summed E-state index contributed by atoms with van der Waals surface area (Å²) >= 11 is 0. The fraction of sp³-hybridized carbons (Fsp3) is 0.526. The normalized spacial score (nSPS) is 17.8. The number of hydrogen-bond acceptors (Lipinski definition) is 6. The maximum absolute atomic E-state index is 5.27. The number of aromatic nitrogens is 3. The monoisotopic (exact) mass is 341 g/mol. The zero-order valence-corrected chi connectivity index (χ0v) is 15.6. The van der Waals surface area contributed by atoms with E-state index in [2.05, 4.69) is 45.9 Å². The van der Waals surface area contributed by atoms with E-state index in [1.54, 1.807) is 13.3 Å². The SMILES string of the molecule is COc1cc(C)c(CN(C)C2CCCN(c3cccnn3)C2)c(C)n1. The Morgan fingerprint density at radius 1 is 1.36 bits per heavy atom. The average molecular weight is 341 g/mol. The van der Waals surface area contributed by atoms with Gasteiger partial charge in [0.15, 0.2) is 5.82 Å². The third-order valence-electron chi connectivity index (χ3n) is 5.05. The Hall–Kier alpha value is -2.21. The molecule has 6 heteroatoms. The van der Waals surface area contributed by atoms with Gasteiger partial charge in [-0.3, -0.25) is 4.90 Å². The average Bonchev–Trinajstić information content (AvgIpc) is 2.65. The number of methoxy groups -OCH3 is 1. The van der Waals surface area contributed by atoms with Crippen molar-refractivity contribution < 1.29 is 4.74 Å². The Balaban J connectivity index is 1.70. The molecule has 3 rings (SSSR count). The molecule has 0 N–H and O–H groups in total. The number of aryl methyl sites for hydroxylation is 2. The highest BCUT2D eigenvalue weighted by atomic mass is 16.5. The van der Waals surface area contributed by atoms with E-state index in [-0.39, 0.29) is 0 Å². The van der Waals surface area contributed by atoms with Crippen LogP contribution in [0.15, 0.2) is 24.4 Å². The van der Waals surface area contributed by atoms with Gasteiger partial charge in [-0.1, -0.05) is 0 Å². The van der Waals surface area contributed by atoms with Crippen LogP contribution in [0.3, 0.4) is 0 Å². The van der Waals surface area contributed by atoms with Crippen molar-refractivity contribution in [3.8, 4) is 5.88 Å². The molecule has 1 unspecified atom stereocenters. The highest BCUT2D eigenvalue weighted by molar-refractivity contribution is 5.37. The van der Waals surface area contributed by atoms with Crippen molar-refractivity contribution >= 4 is 5.82 Å². The second-order valence-corrected chi connectivity index (χ2v) is 6.78. The third-order valence-corrected chi connectivity index (χ3v) is 5.05. The van der Waals surface area contributed by atoms with Crippen molar-refractivity contribution in [2.75, 3.05) is 32.1 Å². The van der Waals surface area contributed by atoms with Gasteiger partial charge in [-0.2, -0.15) is 5.10 Å². The van der Waals surface area contributed by atoms with Crippen LogP contribution < -0.4 is 9.64 Å². The standard InChI is InChI=1S/C19H27N5O/c1-14-11-19(25-4)21-15(2)17(14)13-23(3)16-7-6-10-24(12-16)18-8-5-9-20-22-18/h5,8-9,11,16H,6-7,10,12-13H2,1-4H3. The molecule has 2 aromatic rings. The van der Waals surface area contributed by atoms with Gasteiger partial charge in [-0.25, -0.2) is 4.98 Å². The van der Waals surface area contributed by atoms with E-state index < -0.39 is 0 Å². The van der Waals surface area contributed by atoms with Gasteiger partial charge in [0, 0.05) is 43.6 Å². The number of piperidine rings is 1. The van der Waals surface area contributed by atoms with Crippen molar-refractivity contribution in [1.82, 2.24) is 20.1 Å². The number of anilines is 1. The first-order valence-corrected chi connectivity index (χ1v) is 8.82. The van der Waals surface area contributed by atoms with Crippen LogP contribution >= 0.6 is 0 Å². The molecule has 1 aliphatic rings. The second-order valence-electron chi connectivity index (χ2n) is 6.78. The van der Waals surface area contributed by atoms with Crippen molar-refractivity contribution in [1.29, 1.82) is 0 Å². The lowest BCUT2D eigenvalue weighted by Crippen LogP contribution is -2.46. The Labute approximate surface area is 149 Å². The molecule has 0 aromatic carbocycles. The smallest absolute Gasteiger partial charge is 0.213 e. The molecular formula is C19H27N5O. The summed E-state index contributed by atoms with van der Waals surface area (Å²) in [7, 11) is 3.87. The van der Waals surface area contributed by atoms with Crippen molar-refractivity contribution in [2.24, 2.45) is 0 Å². The first-order valence-electron chi connectivity index (χ1n) is 8.82. The Morgan fingerprint density at radius 3 is 2.88 bits per heavy atom. The van der Waals surface area contributed by atoms with Gasteiger partial charge in [0.1, 0.15) is 0 Å². The Morgan fingerprint density at radius 2 is 2.20 bits per heavy atom. The van der Waals surface area contributed by atoms with E-state index in [0.717, 1.165) is 31.1 Å². The largest absolute Gasteiger partial charge is 0.481 e. The van der Waals surface area contributed by atoms with E-state index in [4.69, 9.17) is 4.74 Å². The lowest BCUT2D eigenvalue weighted by Gasteiger charge is -2.38. The predicted molar refractivity (Wildman–Crippen MR) is 99.0 cm³/mol.